The van der Waals surface area contributed by atoms with Gasteiger partial charge in [0.25, 0.3) is 5.91 Å². The lowest BCUT2D eigenvalue weighted by Crippen LogP contribution is -2.30. The van der Waals surface area contributed by atoms with Gasteiger partial charge in [0.1, 0.15) is 11.5 Å². The number of hydrogen-bond acceptors (Lipinski definition) is 3. The largest absolute Gasteiger partial charge is 0.457 e. The molecule has 0 spiro atoms. The molecule has 1 atom stereocenters. The van der Waals surface area contributed by atoms with Gasteiger partial charge in [-0.15, -0.1) is 0 Å². The van der Waals surface area contributed by atoms with E-state index in [0.717, 1.165) is 36.7 Å². The number of para-hydroxylation sites is 1. The summed E-state index contributed by atoms with van der Waals surface area (Å²) in [5, 5.41) is 0. The van der Waals surface area contributed by atoms with E-state index in [2.05, 4.69) is 4.99 Å². The fraction of sp³-hybridized carbons (Fsp3) is 0.407. The van der Waals surface area contributed by atoms with Crippen molar-refractivity contribution in [3.63, 3.8) is 0 Å². The van der Waals surface area contributed by atoms with E-state index < -0.39 is 17.6 Å². The molecule has 1 aromatic heterocycles. The monoisotopic (exact) mass is 501 g/mol. The highest BCUT2D eigenvalue weighted by atomic mass is 19.4. The Morgan fingerprint density at radius 3 is 2.44 bits per heavy atom. The summed E-state index contributed by atoms with van der Waals surface area (Å²) >= 11 is 0. The summed E-state index contributed by atoms with van der Waals surface area (Å²) in [4.78, 5) is 17.7. The van der Waals surface area contributed by atoms with Gasteiger partial charge in [-0.2, -0.15) is 18.2 Å². The normalized spacial score (nSPS) is 17.0. The van der Waals surface area contributed by atoms with Gasteiger partial charge in [0.2, 0.25) is 0 Å². The molecule has 1 amide bonds. The molecule has 0 aliphatic carbocycles. The van der Waals surface area contributed by atoms with E-state index in [1.807, 2.05) is 37.2 Å². The van der Waals surface area contributed by atoms with E-state index in [4.69, 9.17) is 9.47 Å². The molecular formula is C27H30F3N3O3. The Bertz CT molecular complexity index is 1300. The van der Waals surface area contributed by atoms with Crippen LogP contribution in [0.3, 0.4) is 0 Å². The number of rotatable bonds is 5. The molecule has 6 nitrogen and oxygen atoms in total. The number of carbonyl (C=O) groups excluding carboxylic acids is 1. The van der Waals surface area contributed by atoms with Gasteiger partial charge in [-0.3, -0.25) is 14.2 Å². The summed E-state index contributed by atoms with van der Waals surface area (Å²) in [6.45, 7) is 7.29. The van der Waals surface area contributed by atoms with Crippen LogP contribution < -0.4 is 10.2 Å². The second kappa shape index (κ2) is 9.97. The third kappa shape index (κ3) is 5.73. The first-order valence-electron chi connectivity index (χ1n) is 11.9. The average molecular weight is 502 g/mol. The maximum atomic E-state index is 13.5. The van der Waals surface area contributed by atoms with E-state index >= 15 is 0 Å². The van der Waals surface area contributed by atoms with Gasteiger partial charge in [-0.25, -0.2) is 0 Å². The molecule has 4 rings (SSSR count). The first-order chi connectivity index (χ1) is 16.9. The minimum absolute atomic E-state index is 0.000558. The average Bonchev–Trinajstić information content (AvgIpc) is 3.43. The number of ether oxygens (including phenoxy) is 2. The van der Waals surface area contributed by atoms with Crippen LogP contribution in [0.15, 0.2) is 59.6 Å². The van der Waals surface area contributed by atoms with Crippen molar-refractivity contribution in [3.05, 3.63) is 76.9 Å². The molecule has 0 unspecified atom stereocenters. The van der Waals surface area contributed by atoms with E-state index in [-0.39, 0.29) is 22.8 Å². The van der Waals surface area contributed by atoms with Crippen molar-refractivity contribution in [2.75, 3.05) is 6.61 Å². The molecule has 1 fully saturated rings. The van der Waals surface area contributed by atoms with Crippen LogP contribution in [0.2, 0.25) is 0 Å². The molecule has 9 heteroatoms. The van der Waals surface area contributed by atoms with Gasteiger partial charge >= 0.3 is 6.18 Å². The van der Waals surface area contributed by atoms with E-state index in [1.165, 1.54) is 0 Å². The summed E-state index contributed by atoms with van der Waals surface area (Å²) in [6.07, 6.45) is -2.80. The fourth-order valence-corrected chi connectivity index (χ4v) is 4.31. The number of halogens is 3. The predicted molar refractivity (Wildman–Crippen MR) is 129 cm³/mol. The predicted octanol–water partition coefficient (Wildman–Crippen LogP) is 5.86. The van der Waals surface area contributed by atoms with Crippen molar-refractivity contribution >= 4 is 5.91 Å². The molecule has 36 heavy (non-hydrogen) atoms. The van der Waals surface area contributed by atoms with Crippen LogP contribution in [0.4, 0.5) is 13.2 Å². The third-order valence-corrected chi connectivity index (χ3v) is 6.13. The summed E-state index contributed by atoms with van der Waals surface area (Å²) in [5.74, 6) is -0.422. The molecule has 0 radical (unpaired) electrons. The molecule has 2 heterocycles. The zero-order valence-corrected chi connectivity index (χ0v) is 20.8. The molecule has 0 N–H and O–H groups in total. The van der Waals surface area contributed by atoms with E-state index in [9.17, 15) is 18.0 Å². The second-order valence-electron chi connectivity index (χ2n) is 9.92. The van der Waals surface area contributed by atoms with Crippen LogP contribution >= 0.6 is 0 Å². The number of nitrogens with zero attached hydrogens (tertiary/aromatic N) is 3. The van der Waals surface area contributed by atoms with Gasteiger partial charge in [0.15, 0.2) is 5.49 Å². The van der Waals surface area contributed by atoms with Crippen LogP contribution in [0.25, 0.3) is 0 Å². The lowest BCUT2D eigenvalue weighted by Gasteiger charge is -2.21. The van der Waals surface area contributed by atoms with E-state index in [1.54, 1.807) is 36.4 Å². The molecule has 2 aromatic carbocycles. The van der Waals surface area contributed by atoms with Crippen molar-refractivity contribution in [1.82, 2.24) is 9.36 Å². The van der Waals surface area contributed by atoms with Crippen LogP contribution in [0.5, 0.6) is 11.5 Å². The lowest BCUT2D eigenvalue weighted by atomic mass is 9.92. The summed E-state index contributed by atoms with van der Waals surface area (Å²) in [5.41, 5.74) is -0.180. The Hall–Kier alpha value is -3.33. The highest BCUT2D eigenvalue weighted by molar-refractivity contribution is 5.98. The molecule has 1 aliphatic rings. The molecule has 192 valence electrons. The molecular weight excluding hydrogens is 471 g/mol. The highest BCUT2D eigenvalue weighted by Crippen LogP contribution is 2.34. The van der Waals surface area contributed by atoms with Gasteiger partial charge in [-0.1, -0.05) is 39.0 Å². The van der Waals surface area contributed by atoms with Crippen LogP contribution in [0.1, 0.15) is 55.2 Å². The Morgan fingerprint density at radius 1 is 1.11 bits per heavy atom. The van der Waals surface area contributed by atoms with Crippen molar-refractivity contribution < 1.29 is 27.4 Å². The number of aromatic nitrogens is 2. The summed E-state index contributed by atoms with van der Waals surface area (Å²) in [7, 11) is 1.88. The number of hydrogen-bond donors (Lipinski definition) is 0. The van der Waals surface area contributed by atoms with Gasteiger partial charge in [0.05, 0.1) is 23.8 Å². The number of alkyl halides is 3. The minimum atomic E-state index is -4.62. The summed E-state index contributed by atoms with van der Waals surface area (Å²) < 4.78 is 55.8. The van der Waals surface area contributed by atoms with Gasteiger partial charge < -0.3 is 9.47 Å². The number of benzene rings is 2. The Morgan fingerprint density at radius 2 is 1.83 bits per heavy atom. The Kier molecular flexibility index (Phi) is 7.13. The van der Waals surface area contributed by atoms with Crippen LogP contribution in [-0.2, 0) is 29.9 Å². The van der Waals surface area contributed by atoms with Crippen LogP contribution in [0, 0.1) is 0 Å². The van der Waals surface area contributed by atoms with Crippen molar-refractivity contribution in [1.29, 1.82) is 0 Å². The Labute approximate surface area is 208 Å². The van der Waals surface area contributed by atoms with Crippen molar-refractivity contribution in [2.24, 2.45) is 12.0 Å². The van der Waals surface area contributed by atoms with Crippen LogP contribution in [-0.4, -0.2) is 28.0 Å². The van der Waals surface area contributed by atoms with E-state index in [0.29, 0.717) is 24.4 Å². The standard InChI is InChI=1S/C27H30F3N3O3/c1-26(2,3)23-16-24(33(32(23)4)17-20-11-8-14-35-20)31-25(34)21-15-18(27(28,29)30)12-13-22(21)36-19-9-6-5-7-10-19/h5-7,9-10,12-13,15-16,20H,8,11,14,17H2,1-4H3/b31-24+/t20-/m1/s1. The minimum Gasteiger partial charge on any atom is -0.457 e. The zero-order valence-electron chi connectivity index (χ0n) is 20.8. The maximum Gasteiger partial charge on any atom is 0.416 e. The number of carbonyl (C=O) groups is 1. The quantitative estimate of drug-likeness (QED) is 0.440. The zero-order chi connectivity index (χ0) is 26.1. The lowest BCUT2D eigenvalue weighted by molar-refractivity contribution is -0.137. The molecule has 3 aromatic rings. The fourth-order valence-electron chi connectivity index (χ4n) is 4.31. The molecule has 0 saturated carbocycles. The molecule has 1 aliphatic heterocycles. The highest BCUT2D eigenvalue weighted by Gasteiger charge is 2.32. The van der Waals surface area contributed by atoms with Gasteiger partial charge in [0, 0.05) is 30.8 Å². The summed E-state index contributed by atoms with van der Waals surface area (Å²) in [6, 6.07) is 13.2. The molecule has 1 saturated heterocycles. The smallest absolute Gasteiger partial charge is 0.416 e. The number of amides is 1. The molecule has 0 bridgehead atoms. The maximum absolute atomic E-state index is 13.5. The van der Waals surface area contributed by atoms with Crippen molar-refractivity contribution in [3.8, 4) is 11.5 Å². The van der Waals surface area contributed by atoms with Gasteiger partial charge in [-0.05, 0) is 43.2 Å². The van der Waals surface area contributed by atoms with Crippen molar-refractivity contribution in [2.45, 2.75) is 57.9 Å². The Balaban J connectivity index is 1.81. The SMILES string of the molecule is Cn1c(C(C)(C)C)c/c(=N\C(=O)c2cc(C(F)(F)F)ccc2Oc2ccccc2)n1C[C@H]1CCCO1. The second-order valence-corrected chi connectivity index (χ2v) is 9.92. The first-order valence-corrected chi connectivity index (χ1v) is 11.9. The first kappa shape index (κ1) is 25.8. The third-order valence-electron chi connectivity index (χ3n) is 6.13. The topological polar surface area (TPSA) is 57.8 Å².